The third kappa shape index (κ3) is 4.71. The summed E-state index contributed by atoms with van der Waals surface area (Å²) in [5, 5.41) is 3.13. The van der Waals surface area contributed by atoms with Crippen LogP contribution < -0.4 is 11.1 Å². The van der Waals surface area contributed by atoms with Crippen molar-refractivity contribution in [2.45, 2.75) is 6.92 Å². The van der Waals surface area contributed by atoms with Crippen LogP contribution in [-0.4, -0.2) is 14.7 Å². The second-order valence-corrected chi connectivity index (χ2v) is 5.02. The molecule has 3 nitrogen and oxygen atoms in total. The molecule has 0 unspecified atom stereocenters. The minimum absolute atomic E-state index is 0.464. The van der Waals surface area contributed by atoms with Crippen LogP contribution in [0.1, 0.15) is 6.92 Å². The molecule has 0 aliphatic carbocycles. The number of nitrogens with zero attached hydrogens (tertiary/aromatic N) is 1. The monoisotopic (exact) mass is 415 g/mol. The molecule has 0 bridgehead atoms. The van der Waals surface area contributed by atoms with Gasteiger partial charge in [-0.3, -0.25) is 0 Å². The average Bonchev–Trinajstić information content (AvgIpc) is 2.36. The standard InChI is InChI=1S/C12H13N3S.W/c1-2-8-14-11(13)9-12(16)15-10-6-4-3-5-7-10;/h2-8H,1H3,(H2,13,14)(H,15,16);. The zero-order chi connectivity index (χ0) is 12.7. The topological polar surface area (TPSA) is 50.4 Å². The van der Waals surface area contributed by atoms with Crippen molar-refractivity contribution in [2.24, 2.45) is 10.7 Å². The third-order valence-electron chi connectivity index (χ3n) is 1.83. The van der Waals surface area contributed by atoms with Crippen LogP contribution in [0.25, 0.3) is 0 Å². The molecule has 3 N–H and O–H groups in total. The van der Waals surface area contributed by atoms with Gasteiger partial charge in [-0.15, -0.1) is 0 Å². The number of thiocarbonyl (C=S) groups is 1. The van der Waals surface area contributed by atoms with E-state index in [-0.39, 0.29) is 0 Å². The molecule has 88 valence electrons. The minimum atomic E-state index is 0.464. The Labute approximate surface area is 117 Å². The normalized spacial score (nSPS) is 11.5. The van der Waals surface area contributed by atoms with Crippen molar-refractivity contribution in [3.63, 3.8) is 0 Å². The molecule has 1 aromatic rings. The van der Waals surface area contributed by atoms with Crippen LogP contribution in [0.3, 0.4) is 0 Å². The van der Waals surface area contributed by atoms with Gasteiger partial charge < -0.3 is 0 Å². The van der Waals surface area contributed by atoms with E-state index in [0.717, 1.165) is 9.59 Å². The molecule has 0 radical (unpaired) electrons. The number of para-hydroxylation sites is 1. The van der Waals surface area contributed by atoms with E-state index in [0.29, 0.717) is 10.8 Å². The summed E-state index contributed by atoms with van der Waals surface area (Å²) in [4.78, 5) is 4.70. The number of amidine groups is 1. The van der Waals surface area contributed by atoms with Crippen LogP contribution >= 0.6 is 12.2 Å². The predicted molar refractivity (Wildman–Crippen MR) is 74.1 cm³/mol. The molecular weight excluding hydrogens is 402 g/mol. The van der Waals surface area contributed by atoms with E-state index in [1.54, 1.807) is 6.20 Å². The molecule has 17 heavy (non-hydrogen) atoms. The van der Waals surface area contributed by atoms with Gasteiger partial charge in [-0.05, 0) is 0 Å². The summed E-state index contributed by atoms with van der Waals surface area (Å²) in [6, 6.07) is 9.76. The summed E-state index contributed by atoms with van der Waals surface area (Å²) >= 11 is 6.47. The van der Waals surface area contributed by atoms with Gasteiger partial charge in [-0.1, -0.05) is 0 Å². The molecule has 5 heteroatoms. The Hall–Kier alpha value is -1.12. The molecule has 0 saturated heterocycles. The van der Waals surface area contributed by atoms with Gasteiger partial charge in [0.05, 0.1) is 0 Å². The van der Waals surface area contributed by atoms with E-state index in [1.807, 2.05) is 43.3 Å². The number of hydrogen-bond acceptors (Lipinski definition) is 2. The van der Waals surface area contributed by atoms with E-state index in [2.05, 4.69) is 10.3 Å². The molecule has 0 atom stereocenters. The Morgan fingerprint density at radius 2 is 2.06 bits per heavy atom. The van der Waals surface area contributed by atoms with Crippen molar-refractivity contribution in [2.75, 3.05) is 5.32 Å². The van der Waals surface area contributed by atoms with Crippen LogP contribution in [0.2, 0.25) is 0 Å². The summed E-state index contributed by atoms with van der Waals surface area (Å²) in [6.07, 6.45) is 3.48. The second kappa shape index (κ2) is 7.25. The summed E-state index contributed by atoms with van der Waals surface area (Å²) in [7, 11) is 0. The summed E-state index contributed by atoms with van der Waals surface area (Å²) in [6.45, 7) is 1.89. The number of nitrogens with two attached hydrogens (primary N) is 1. The maximum atomic E-state index is 5.81. The van der Waals surface area contributed by atoms with Crippen LogP contribution in [-0.2, 0) is 19.4 Å². The van der Waals surface area contributed by atoms with E-state index < -0.39 is 0 Å². The Bertz CT molecular complexity index is 466. The molecule has 0 fully saturated rings. The Balaban J connectivity index is 2.69. The van der Waals surface area contributed by atoms with Crippen molar-refractivity contribution in [3.05, 3.63) is 42.6 Å². The van der Waals surface area contributed by atoms with E-state index >= 15 is 0 Å². The molecule has 0 amide bonds. The fourth-order valence-electron chi connectivity index (χ4n) is 1.04. The van der Waals surface area contributed by atoms with Gasteiger partial charge in [0.25, 0.3) is 0 Å². The first-order chi connectivity index (χ1) is 8.15. The van der Waals surface area contributed by atoms with Gasteiger partial charge in [0.2, 0.25) is 0 Å². The molecule has 0 spiro atoms. The second-order valence-electron chi connectivity index (χ2n) is 3.15. The van der Waals surface area contributed by atoms with Gasteiger partial charge in [0, 0.05) is 0 Å². The number of hydrogen-bond donors (Lipinski definition) is 2. The zero-order valence-corrected chi connectivity index (χ0v) is 13.1. The number of anilines is 1. The molecule has 1 rings (SSSR count). The molecule has 0 aromatic heterocycles. The molecule has 0 heterocycles. The van der Waals surface area contributed by atoms with Crippen molar-refractivity contribution >= 4 is 32.6 Å². The van der Waals surface area contributed by atoms with Crippen molar-refractivity contribution in [1.82, 2.24) is 0 Å². The molecule has 0 aliphatic heterocycles. The number of allylic oxidation sites excluding steroid dienone is 1. The fourth-order valence-corrected chi connectivity index (χ4v) is 1.63. The molecule has 1 aromatic carbocycles. The van der Waals surface area contributed by atoms with Crippen LogP contribution in [0.4, 0.5) is 5.69 Å². The maximum absolute atomic E-state index is 5.81. The number of aliphatic imine (C=N–C) groups is 1. The summed E-state index contributed by atoms with van der Waals surface area (Å²) < 4.78 is 0.849. The van der Waals surface area contributed by atoms with E-state index in [1.165, 1.54) is 19.4 Å². The fraction of sp³-hybridized carbons (Fsp3) is 0.0833. The first kappa shape index (κ1) is 13.9. The van der Waals surface area contributed by atoms with Gasteiger partial charge in [-0.25, -0.2) is 0 Å². The number of benzene rings is 1. The van der Waals surface area contributed by atoms with Crippen LogP contribution in [0.15, 0.2) is 47.6 Å². The van der Waals surface area contributed by atoms with Crippen molar-refractivity contribution in [3.8, 4) is 0 Å². The van der Waals surface area contributed by atoms with Crippen LogP contribution in [0, 0.1) is 0 Å². The Morgan fingerprint density at radius 1 is 1.41 bits per heavy atom. The Morgan fingerprint density at radius 3 is 2.65 bits per heavy atom. The van der Waals surface area contributed by atoms with Crippen molar-refractivity contribution < 1.29 is 19.4 Å². The summed E-state index contributed by atoms with van der Waals surface area (Å²) in [5.74, 6) is 0.464. The Kier molecular flexibility index (Phi) is 5.95. The molecule has 0 aliphatic rings. The number of rotatable bonds is 4. The molecule has 0 saturated carbocycles. The first-order valence-electron chi connectivity index (χ1n) is 5.00. The van der Waals surface area contributed by atoms with Gasteiger partial charge >= 0.3 is 118 Å². The van der Waals surface area contributed by atoms with E-state index in [4.69, 9.17) is 18.0 Å². The van der Waals surface area contributed by atoms with Crippen molar-refractivity contribution in [1.29, 1.82) is 0 Å². The van der Waals surface area contributed by atoms with Crippen LogP contribution in [0.5, 0.6) is 0 Å². The quantitative estimate of drug-likeness (QED) is 0.450. The molecular formula is C12H13N3SW. The first-order valence-corrected chi connectivity index (χ1v) is 6.88. The zero-order valence-electron chi connectivity index (χ0n) is 9.38. The van der Waals surface area contributed by atoms with Gasteiger partial charge in [0.1, 0.15) is 0 Å². The predicted octanol–water partition coefficient (Wildman–Crippen LogP) is 2.04. The number of nitrogens with one attached hydrogen (secondary N) is 1. The summed E-state index contributed by atoms with van der Waals surface area (Å²) in [5.41, 5.74) is 6.77. The SMILES string of the molecule is CC=CN=C(N)[C](=[W])C(=S)Nc1ccccc1. The third-order valence-corrected chi connectivity index (χ3v) is 4.14. The van der Waals surface area contributed by atoms with Gasteiger partial charge in [0.15, 0.2) is 0 Å². The van der Waals surface area contributed by atoms with Gasteiger partial charge in [-0.2, -0.15) is 0 Å². The van der Waals surface area contributed by atoms with E-state index in [9.17, 15) is 0 Å². The average molecular weight is 415 g/mol.